The lowest BCUT2D eigenvalue weighted by Crippen LogP contribution is -2.58. The maximum Gasteiger partial charge on any atom is 0.270 e. The number of nitro benzene ring substituents is 1. The van der Waals surface area contributed by atoms with E-state index in [2.05, 4.69) is 20.9 Å². The summed E-state index contributed by atoms with van der Waals surface area (Å²) >= 11 is 3.01. The molecule has 2 aliphatic rings. The van der Waals surface area contributed by atoms with E-state index in [1.807, 2.05) is 82.6 Å². The number of benzene rings is 3. The molecule has 4 atom stereocenters. The minimum absolute atomic E-state index is 0.0265. The topological polar surface area (TPSA) is 213 Å². The summed E-state index contributed by atoms with van der Waals surface area (Å²) in [4.78, 5) is 59.7. The third-order valence-corrected chi connectivity index (χ3v) is 12.6. The van der Waals surface area contributed by atoms with Gasteiger partial charge in [0.2, 0.25) is 17.7 Å². The van der Waals surface area contributed by atoms with Crippen LogP contribution in [-0.4, -0.2) is 122 Å². The fourth-order valence-corrected chi connectivity index (χ4v) is 8.98. The van der Waals surface area contributed by atoms with E-state index in [0.29, 0.717) is 45.4 Å². The van der Waals surface area contributed by atoms with Gasteiger partial charge in [-0.3, -0.25) is 24.5 Å². The number of nitrogens with one attached hydrogen (secondary N) is 3. The summed E-state index contributed by atoms with van der Waals surface area (Å²) in [5.74, 6) is -0.663. The second-order valence-electron chi connectivity index (χ2n) is 16.4. The lowest BCUT2D eigenvalue weighted by atomic mass is 9.85. The number of likely N-dealkylation sites (tertiary alicyclic amines) is 1. The van der Waals surface area contributed by atoms with Crippen LogP contribution < -0.4 is 20.7 Å². The number of fused-ring (bicyclic) bond motifs is 2. The SMILES string of the molecule is Cc1ncsc1-c1ccc([C@H](C)NC(=O)[C@@H]2C[C@@H](O)CN2C(=O)[C@@H](NC(=O)COCCOCCOCCOCCOc2ccc3c(c2)Sc2cc([N+](=O)[O-])ccc2N3)C(C)(C)C)cc1. The van der Waals surface area contributed by atoms with Gasteiger partial charge in [-0.2, -0.15) is 0 Å². The van der Waals surface area contributed by atoms with E-state index in [1.54, 1.807) is 23.5 Å². The molecule has 2 aliphatic heterocycles. The number of aliphatic hydroxyl groups is 1. The van der Waals surface area contributed by atoms with Crippen molar-refractivity contribution in [1.82, 2.24) is 20.5 Å². The minimum atomic E-state index is -0.976. The zero-order valence-corrected chi connectivity index (χ0v) is 38.3. The quantitative estimate of drug-likeness (QED) is 0.0354. The van der Waals surface area contributed by atoms with Crippen LogP contribution in [0.15, 0.2) is 76.0 Å². The summed E-state index contributed by atoms with van der Waals surface area (Å²) in [5.41, 5.74) is 5.76. The van der Waals surface area contributed by atoms with Crippen molar-refractivity contribution in [1.29, 1.82) is 0 Å². The highest BCUT2D eigenvalue weighted by Gasteiger charge is 2.44. The van der Waals surface area contributed by atoms with Gasteiger partial charge in [-0.15, -0.1) is 11.3 Å². The zero-order chi connectivity index (χ0) is 45.8. The number of aliphatic hydroxyl groups excluding tert-OH is 1. The molecule has 0 unspecified atom stereocenters. The van der Waals surface area contributed by atoms with Crippen molar-refractivity contribution in [3.63, 3.8) is 0 Å². The Hall–Kier alpha value is -5.15. The molecule has 3 aromatic carbocycles. The Balaban J connectivity index is 0.819. The van der Waals surface area contributed by atoms with Gasteiger partial charge in [0, 0.05) is 34.9 Å². The second kappa shape index (κ2) is 22.7. The third-order valence-electron chi connectivity index (χ3n) is 10.5. The molecule has 0 bridgehead atoms. The van der Waals surface area contributed by atoms with Crippen molar-refractivity contribution in [2.75, 3.05) is 71.3 Å². The summed E-state index contributed by atoms with van der Waals surface area (Å²) in [6.07, 6.45) is -0.798. The zero-order valence-electron chi connectivity index (χ0n) is 36.6. The first-order chi connectivity index (χ1) is 30.7. The van der Waals surface area contributed by atoms with Crippen LogP contribution in [0, 0.1) is 22.5 Å². The van der Waals surface area contributed by atoms with Gasteiger partial charge in [-0.25, -0.2) is 4.98 Å². The minimum Gasteiger partial charge on any atom is -0.491 e. The molecule has 1 saturated heterocycles. The number of non-ortho nitro benzene ring substituents is 1. The average Bonchev–Trinajstić information content (AvgIpc) is 3.89. The fourth-order valence-electron chi connectivity index (χ4n) is 7.12. The molecule has 19 heteroatoms. The molecule has 3 amide bonds. The molecule has 4 aromatic rings. The van der Waals surface area contributed by atoms with Gasteiger partial charge in [0.25, 0.3) is 5.69 Å². The standard InChI is InChI=1S/C45H56N6O11S2/c1-28(30-6-8-31(9-7-30)41-29(2)46-27-63-41)47-43(54)37-23-33(52)25-50(37)44(55)42(45(3,4)5)49-40(53)26-61-19-18-59-15-14-58-16-17-60-20-21-62-34-11-13-36-39(24-34)64-38-22-32(51(56)57)10-12-35(38)48-36/h6-13,22,24,27-28,33,37,42,48,52H,14-21,23,25-26H2,1-5H3,(H,47,54)(H,49,53)/t28-,33+,37-,42+/m0/s1. The summed E-state index contributed by atoms with van der Waals surface area (Å²) in [7, 11) is 0. The largest absolute Gasteiger partial charge is 0.491 e. The molecule has 0 spiro atoms. The van der Waals surface area contributed by atoms with Crippen LogP contribution in [0.3, 0.4) is 0 Å². The lowest BCUT2D eigenvalue weighted by molar-refractivity contribution is -0.385. The molecule has 6 rings (SSSR count). The number of carbonyl (C=O) groups excluding carboxylic acids is 3. The first-order valence-corrected chi connectivity index (χ1v) is 22.8. The smallest absolute Gasteiger partial charge is 0.270 e. The first-order valence-electron chi connectivity index (χ1n) is 21.1. The summed E-state index contributed by atoms with van der Waals surface area (Å²) < 4.78 is 28.1. The Morgan fingerprint density at radius 2 is 1.53 bits per heavy atom. The Morgan fingerprint density at radius 3 is 2.16 bits per heavy atom. The number of β-amino-alcohol motifs (C(OH)–C–C–N with tert-alkyl or cyclic N) is 1. The van der Waals surface area contributed by atoms with Crippen LogP contribution in [0.5, 0.6) is 5.75 Å². The molecule has 0 saturated carbocycles. The summed E-state index contributed by atoms with van der Waals surface area (Å²) in [5, 5.41) is 30.8. The van der Waals surface area contributed by atoms with Crippen molar-refractivity contribution in [2.45, 2.75) is 75.1 Å². The molecule has 3 heterocycles. The molecule has 1 fully saturated rings. The fraction of sp³-hybridized carbons (Fsp3) is 0.467. The van der Waals surface area contributed by atoms with E-state index in [9.17, 15) is 29.6 Å². The van der Waals surface area contributed by atoms with Gasteiger partial charge in [-0.1, -0.05) is 56.8 Å². The number of nitro groups is 1. The maximum absolute atomic E-state index is 14.0. The van der Waals surface area contributed by atoms with Crippen LogP contribution >= 0.6 is 23.1 Å². The van der Waals surface area contributed by atoms with Crippen LogP contribution in [0.25, 0.3) is 10.4 Å². The van der Waals surface area contributed by atoms with E-state index < -0.39 is 40.3 Å². The highest BCUT2D eigenvalue weighted by Crippen LogP contribution is 2.46. The first kappa shape index (κ1) is 48.3. The number of hydrogen-bond donors (Lipinski definition) is 4. The molecular formula is C45H56N6O11S2. The van der Waals surface area contributed by atoms with Crippen LogP contribution in [0.2, 0.25) is 0 Å². The number of hydrogen-bond acceptors (Lipinski definition) is 15. The van der Waals surface area contributed by atoms with Crippen molar-refractivity contribution in [2.24, 2.45) is 5.41 Å². The molecular weight excluding hydrogens is 865 g/mol. The Labute approximate surface area is 380 Å². The monoisotopic (exact) mass is 920 g/mol. The second-order valence-corrected chi connectivity index (χ2v) is 18.4. The average molecular weight is 921 g/mol. The third kappa shape index (κ3) is 13.2. The molecule has 0 aliphatic carbocycles. The summed E-state index contributed by atoms with van der Waals surface area (Å²) in [6.45, 7) is 11.4. The number of ether oxygens (including phenoxy) is 5. The van der Waals surface area contributed by atoms with Gasteiger partial charge in [0.1, 0.15) is 31.0 Å². The molecule has 0 radical (unpaired) electrons. The van der Waals surface area contributed by atoms with E-state index in [1.165, 1.54) is 22.7 Å². The number of carbonyl (C=O) groups is 3. The number of rotatable bonds is 22. The number of amides is 3. The van der Waals surface area contributed by atoms with Crippen LogP contribution in [-0.2, 0) is 33.3 Å². The predicted molar refractivity (Wildman–Crippen MR) is 242 cm³/mol. The predicted octanol–water partition coefficient (Wildman–Crippen LogP) is 6.05. The van der Waals surface area contributed by atoms with Crippen molar-refractivity contribution < 1.29 is 48.1 Å². The molecule has 344 valence electrons. The van der Waals surface area contributed by atoms with Crippen LogP contribution in [0.1, 0.15) is 51.4 Å². The van der Waals surface area contributed by atoms with Crippen LogP contribution in [0.4, 0.5) is 17.1 Å². The maximum atomic E-state index is 14.0. The van der Waals surface area contributed by atoms with Gasteiger partial charge in [0.05, 0.1) is 90.8 Å². The Bertz CT molecular complexity index is 2230. The number of nitrogens with zero attached hydrogens (tertiary/aromatic N) is 3. The van der Waals surface area contributed by atoms with E-state index in [4.69, 9.17) is 23.7 Å². The van der Waals surface area contributed by atoms with Gasteiger partial charge in [0.15, 0.2) is 0 Å². The highest BCUT2D eigenvalue weighted by molar-refractivity contribution is 7.99. The van der Waals surface area contributed by atoms with Crippen molar-refractivity contribution in [3.05, 3.63) is 87.5 Å². The highest BCUT2D eigenvalue weighted by atomic mass is 32.2. The lowest BCUT2D eigenvalue weighted by Gasteiger charge is -2.35. The number of thiazole rings is 1. The number of aromatic nitrogens is 1. The normalized spacial score (nSPS) is 16.6. The van der Waals surface area contributed by atoms with Crippen molar-refractivity contribution in [3.8, 4) is 16.2 Å². The van der Waals surface area contributed by atoms with E-state index in [-0.39, 0.29) is 50.4 Å². The number of aryl methyl sites for hydroxylation is 1. The van der Waals surface area contributed by atoms with Gasteiger partial charge in [-0.05, 0) is 54.7 Å². The van der Waals surface area contributed by atoms with Gasteiger partial charge < -0.3 is 49.6 Å². The molecule has 17 nitrogen and oxygen atoms in total. The number of anilines is 2. The van der Waals surface area contributed by atoms with E-state index >= 15 is 0 Å². The molecule has 64 heavy (non-hydrogen) atoms. The van der Waals surface area contributed by atoms with E-state index in [0.717, 1.165) is 42.9 Å². The molecule has 4 N–H and O–H groups in total. The molecule has 1 aromatic heterocycles. The van der Waals surface area contributed by atoms with Crippen molar-refractivity contribution >= 4 is 57.9 Å². The Kier molecular flexibility index (Phi) is 17.1. The Morgan fingerprint density at radius 1 is 0.906 bits per heavy atom. The summed E-state index contributed by atoms with van der Waals surface area (Å²) in [6, 6.07) is 16.1. The van der Waals surface area contributed by atoms with Gasteiger partial charge >= 0.3 is 0 Å².